The number of carbonyl (C=O) groups is 1. The number of nitrogens with one attached hydrogen (secondary N) is 2. The minimum atomic E-state index is 0. The highest BCUT2D eigenvalue weighted by Crippen LogP contribution is 2.27. The quantitative estimate of drug-likeness (QED) is 0.803. The Labute approximate surface area is 150 Å². The molecule has 2 heterocycles. The van der Waals surface area contributed by atoms with E-state index in [-0.39, 0.29) is 24.2 Å². The van der Waals surface area contributed by atoms with Crippen LogP contribution in [0.4, 0.5) is 5.13 Å². The van der Waals surface area contributed by atoms with Crippen molar-refractivity contribution in [3.63, 3.8) is 0 Å². The molecule has 2 N–H and O–H groups in total. The standard InChI is InChI=1S/C16H19N3OS2.ClH/c1-21-13-6-4-11(5-7-13)14-10-22-16(18-14)19-15(20)12-3-2-8-17-9-12;/h4-7,10,12,17H,2-3,8-9H2,1H3,(H,18,19,20);1H. The topological polar surface area (TPSA) is 54.0 Å². The summed E-state index contributed by atoms with van der Waals surface area (Å²) in [4.78, 5) is 18.0. The molecule has 1 aliphatic rings. The third-order valence-corrected chi connectivity index (χ3v) is 5.29. The van der Waals surface area contributed by atoms with E-state index in [9.17, 15) is 4.79 Å². The number of hydrogen-bond donors (Lipinski definition) is 2. The van der Waals surface area contributed by atoms with Crippen molar-refractivity contribution in [2.75, 3.05) is 24.7 Å². The molecule has 4 nitrogen and oxygen atoms in total. The second kappa shape index (κ2) is 8.68. The lowest BCUT2D eigenvalue weighted by atomic mass is 9.99. The number of carbonyl (C=O) groups excluding carboxylic acids is 1. The van der Waals surface area contributed by atoms with Crippen molar-refractivity contribution >= 4 is 46.5 Å². The van der Waals surface area contributed by atoms with Crippen molar-refractivity contribution in [2.45, 2.75) is 17.7 Å². The average molecular weight is 370 g/mol. The molecule has 1 aromatic carbocycles. The molecule has 0 radical (unpaired) electrons. The van der Waals surface area contributed by atoms with E-state index >= 15 is 0 Å². The van der Waals surface area contributed by atoms with Crippen LogP contribution in [-0.2, 0) is 4.79 Å². The first kappa shape index (κ1) is 18.3. The smallest absolute Gasteiger partial charge is 0.230 e. The van der Waals surface area contributed by atoms with Crippen LogP contribution >= 0.6 is 35.5 Å². The molecule has 23 heavy (non-hydrogen) atoms. The predicted octanol–water partition coefficient (Wildman–Crippen LogP) is 3.89. The Balaban J connectivity index is 0.00000192. The van der Waals surface area contributed by atoms with E-state index in [4.69, 9.17) is 0 Å². The van der Waals surface area contributed by atoms with Crippen LogP contribution in [0.15, 0.2) is 34.5 Å². The summed E-state index contributed by atoms with van der Waals surface area (Å²) in [6, 6.07) is 8.31. The van der Waals surface area contributed by atoms with Gasteiger partial charge in [0.25, 0.3) is 0 Å². The van der Waals surface area contributed by atoms with Crippen LogP contribution in [0.5, 0.6) is 0 Å². The maximum Gasteiger partial charge on any atom is 0.230 e. The average Bonchev–Trinajstić information content (AvgIpc) is 3.04. The van der Waals surface area contributed by atoms with E-state index in [2.05, 4.69) is 46.1 Å². The third kappa shape index (κ3) is 4.70. The fourth-order valence-corrected chi connectivity index (χ4v) is 3.64. The third-order valence-electron chi connectivity index (χ3n) is 3.79. The number of thioether (sulfide) groups is 1. The van der Waals surface area contributed by atoms with Crippen molar-refractivity contribution in [1.29, 1.82) is 0 Å². The van der Waals surface area contributed by atoms with Crippen molar-refractivity contribution < 1.29 is 4.79 Å². The number of nitrogens with zero attached hydrogens (tertiary/aromatic N) is 1. The van der Waals surface area contributed by atoms with E-state index < -0.39 is 0 Å². The van der Waals surface area contributed by atoms with Crippen LogP contribution in [0.3, 0.4) is 0 Å². The summed E-state index contributed by atoms with van der Waals surface area (Å²) in [6.45, 7) is 1.78. The highest BCUT2D eigenvalue weighted by atomic mass is 35.5. The van der Waals surface area contributed by atoms with Crippen LogP contribution in [0.25, 0.3) is 11.3 Å². The minimum absolute atomic E-state index is 0. The van der Waals surface area contributed by atoms with E-state index in [1.54, 1.807) is 11.8 Å². The van der Waals surface area contributed by atoms with Crippen molar-refractivity contribution in [3.8, 4) is 11.3 Å². The fourth-order valence-electron chi connectivity index (χ4n) is 2.51. The summed E-state index contributed by atoms with van der Waals surface area (Å²) >= 11 is 3.20. The van der Waals surface area contributed by atoms with Gasteiger partial charge in [-0.1, -0.05) is 12.1 Å². The largest absolute Gasteiger partial charge is 0.316 e. The molecule has 1 aliphatic heterocycles. The number of thiazole rings is 1. The summed E-state index contributed by atoms with van der Waals surface area (Å²) in [6.07, 6.45) is 4.07. The highest BCUT2D eigenvalue weighted by molar-refractivity contribution is 7.98. The molecule has 1 unspecified atom stereocenters. The Hall–Kier alpha value is -1.08. The second-order valence-corrected chi connectivity index (χ2v) is 7.04. The van der Waals surface area contributed by atoms with Gasteiger partial charge in [0, 0.05) is 22.4 Å². The molecule has 1 amide bonds. The Morgan fingerprint density at radius 1 is 1.39 bits per heavy atom. The van der Waals surface area contributed by atoms with Gasteiger partial charge in [-0.2, -0.15) is 0 Å². The lowest BCUT2D eigenvalue weighted by Crippen LogP contribution is -2.37. The molecule has 1 atom stereocenters. The number of amides is 1. The number of halogens is 1. The number of benzene rings is 1. The number of anilines is 1. The zero-order valence-electron chi connectivity index (χ0n) is 12.9. The van der Waals surface area contributed by atoms with Crippen molar-refractivity contribution in [3.05, 3.63) is 29.6 Å². The molecule has 3 rings (SSSR count). The first-order valence-corrected chi connectivity index (χ1v) is 9.48. The number of hydrogen-bond acceptors (Lipinski definition) is 5. The lowest BCUT2D eigenvalue weighted by molar-refractivity contribution is -0.120. The van der Waals surface area contributed by atoms with Gasteiger partial charge in [0.05, 0.1) is 11.6 Å². The van der Waals surface area contributed by atoms with Crippen LogP contribution in [0.2, 0.25) is 0 Å². The molecule has 0 bridgehead atoms. The summed E-state index contributed by atoms with van der Waals surface area (Å²) in [7, 11) is 0. The molecule has 1 aromatic heterocycles. The van der Waals surface area contributed by atoms with Gasteiger partial charge >= 0.3 is 0 Å². The van der Waals surface area contributed by atoms with Gasteiger partial charge in [-0.3, -0.25) is 4.79 Å². The first-order chi connectivity index (χ1) is 10.8. The number of rotatable bonds is 4. The van der Waals surface area contributed by atoms with E-state index in [1.165, 1.54) is 16.2 Å². The Morgan fingerprint density at radius 2 is 2.17 bits per heavy atom. The monoisotopic (exact) mass is 369 g/mol. The fraction of sp³-hybridized carbons (Fsp3) is 0.375. The van der Waals surface area contributed by atoms with Gasteiger partial charge in [-0.05, 0) is 37.8 Å². The van der Waals surface area contributed by atoms with E-state index in [1.807, 2.05) is 5.38 Å². The van der Waals surface area contributed by atoms with Crippen LogP contribution < -0.4 is 10.6 Å². The molecular formula is C16H20ClN3OS2. The molecule has 1 saturated heterocycles. The second-order valence-electron chi connectivity index (χ2n) is 5.30. The molecule has 2 aromatic rings. The molecule has 7 heteroatoms. The zero-order valence-corrected chi connectivity index (χ0v) is 15.3. The molecule has 0 saturated carbocycles. The molecule has 0 spiro atoms. The van der Waals surface area contributed by atoms with Gasteiger partial charge in [0.1, 0.15) is 0 Å². The summed E-state index contributed by atoms with van der Waals surface area (Å²) in [5, 5.41) is 8.88. The van der Waals surface area contributed by atoms with Gasteiger partial charge in [0.2, 0.25) is 5.91 Å². The normalized spacial score (nSPS) is 17.3. The number of piperidine rings is 1. The maximum atomic E-state index is 12.2. The Bertz CT molecular complexity index is 639. The van der Waals surface area contributed by atoms with Crippen molar-refractivity contribution in [2.24, 2.45) is 5.92 Å². The molecule has 124 valence electrons. The van der Waals surface area contributed by atoms with Crippen LogP contribution in [0, 0.1) is 5.92 Å². The van der Waals surface area contributed by atoms with Gasteiger partial charge in [0.15, 0.2) is 5.13 Å². The molecule has 0 aliphatic carbocycles. The Kier molecular flexibility index (Phi) is 6.89. The van der Waals surface area contributed by atoms with Gasteiger partial charge in [-0.15, -0.1) is 35.5 Å². The summed E-state index contributed by atoms with van der Waals surface area (Å²) < 4.78 is 0. The molecular weight excluding hydrogens is 350 g/mol. The van der Waals surface area contributed by atoms with Gasteiger partial charge in [-0.25, -0.2) is 4.98 Å². The van der Waals surface area contributed by atoms with Gasteiger partial charge < -0.3 is 10.6 Å². The minimum Gasteiger partial charge on any atom is -0.316 e. The predicted molar refractivity (Wildman–Crippen MR) is 101 cm³/mol. The van der Waals surface area contributed by atoms with E-state index in [0.717, 1.165) is 37.2 Å². The molecule has 1 fully saturated rings. The van der Waals surface area contributed by atoms with Crippen LogP contribution in [-0.4, -0.2) is 30.2 Å². The first-order valence-electron chi connectivity index (χ1n) is 7.38. The van der Waals surface area contributed by atoms with Crippen molar-refractivity contribution in [1.82, 2.24) is 10.3 Å². The number of aromatic nitrogens is 1. The maximum absolute atomic E-state index is 12.2. The summed E-state index contributed by atoms with van der Waals surface area (Å²) in [5.41, 5.74) is 1.99. The Morgan fingerprint density at radius 3 is 2.83 bits per heavy atom. The SMILES string of the molecule is CSc1ccc(-c2csc(NC(=O)C3CCCNC3)n2)cc1.Cl. The zero-order chi connectivity index (χ0) is 15.4. The summed E-state index contributed by atoms with van der Waals surface area (Å²) in [5.74, 6) is 0.132. The van der Waals surface area contributed by atoms with E-state index in [0.29, 0.717) is 5.13 Å². The lowest BCUT2D eigenvalue weighted by Gasteiger charge is -2.21. The highest BCUT2D eigenvalue weighted by Gasteiger charge is 2.21. The van der Waals surface area contributed by atoms with Crippen LogP contribution in [0.1, 0.15) is 12.8 Å².